The van der Waals surface area contributed by atoms with Gasteiger partial charge < -0.3 is 9.64 Å². The summed E-state index contributed by atoms with van der Waals surface area (Å²) in [6, 6.07) is 4.39. The van der Waals surface area contributed by atoms with Gasteiger partial charge >= 0.3 is 5.97 Å². The van der Waals surface area contributed by atoms with Crippen molar-refractivity contribution in [3.05, 3.63) is 28.2 Å². The van der Waals surface area contributed by atoms with Crippen molar-refractivity contribution < 1.29 is 17.9 Å². The van der Waals surface area contributed by atoms with E-state index in [-0.39, 0.29) is 10.5 Å². The Morgan fingerprint density at radius 2 is 1.81 bits per heavy atom. The van der Waals surface area contributed by atoms with Gasteiger partial charge in [0, 0.05) is 30.7 Å². The number of piperazine rings is 1. The van der Waals surface area contributed by atoms with Crippen molar-refractivity contribution in [3.8, 4) is 0 Å². The van der Waals surface area contributed by atoms with Gasteiger partial charge in [-0.1, -0.05) is 15.9 Å². The highest BCUT2D eigenvalue weighted by Crippen LogP contribution is 2.23. The highest BCUT2D eigenvalue weighted by molar-refractivity contribution is 9.10. The molecule has 1 aromatic rings. The molecule has 2 rings (SSSR count). The second kappa shape index (κ2) is 6.43. The number of methoxy groups -OCH3 is 1. The molecule has 1 fully saturated rings. The summed E-state index contributed by atoms with van der Waals surface area (Å²) in [7, 11) is -0.385. The first-order valence-corrected chi connectivity index (χ1v) is 8.65. The molecule has 0 N–H and O–H groups in total. The van der Waals surface area contributed by atoms with E-state index in [1.54, 1.807) is 0 Å². The Labute approximate surface area is 132 Å². The number of carbonyl (C=O) groups excluding carboxylic acids is 1. The molecule has 0 bridgehead atoms. The van der Waals surface area contributed by atoms with Crippen LogP contribution in [-0.2, 0) is 14.8 Å². The van der Waals surface area contributed by atoms with Crippen LogP contribution < -0.4 is 0 Å². The maximum atomic E-state index is 12.6. The van der Waals surface area contributed by atoms with Gasteiger partial charge in [-0.15, -0.1) is 0 Å². The zero-order valence-corrected chi connectivity index (χ0v) is 14.3. The third kappa shape index (κ3) is 3.63. The maximum absolute atomic E-state index is 12.6. The molecular formula is C13H17BrN2O4S. The number of sulfonamides is 1. The van der Waals surface area contributed by atoms with Crippen LogP contribution in [0.15, 0.2) is 27.6 Å². The van der Waals surface area contributed by atoms with Crippen molar-refractivity contribution >= 4 is 31.9 Å². The second-order valence-electron chi connectivity index (χ2n) is 4.87. The lowest BCUT2D eigenvalue weighted by Crippen LogP contribution is -2.47. The summed E-state index contributed by atoms with van der Waals surface area (Å²) in [5, 5.41) is 0. The van der Waals surface area contributed by atoms with E-state index < -0.39 is 16.0 Å². The average molecular weight is 377 g/mol. The first-order chi connectivity index (χ1) is 9.84. The van der Waals surface area contributed by atoms with Gasteiger partial charge in [-0.25, -0.2) is 13.2 Å². The van der Waals surface area contributed by atoms with Crippen LogP contribution in [0.3, 0.4) is 0 Å². The van der Waals surface area contributed by atoms with Gasteiger partial charge in [0.2, 0.25) is 10.0 Å². The molecule has 8 heteroatoms. The van der Waals surface area contributed by atoms with Crippen molar-refractivity contribution in [2.75, 3.05) is 40.3 Å². The Kier molecular flexibility index (Phi) is 5.03. The lowest BCUT2D eigenvalue weighted by atomic mass is 10.2. The summed E-state index contributed by atoms with van der Waals surface area (Å²) in [6.07, 6.45) is 0. The fourth-order valence-corrected chi connectivity index (χ4v) is 4.26. The Balaban J connectivity index is 2.36. The molecule has 0 aromatic heterocycles. The average Bonchev–Trinajstić information content (AvgIpc) is 2.46. The third-order valence-electron chi connectivity index (χ3n) is 3.39. The number of rotatable bonds is 3. The zero-order valence-electron chi connectivity index (χ0n) is 11.9. The van der Waals surface area contributed by atoms with E-state index >= 15 is 0 Å². The van der Waals surface area contributed by atoms with Gasteiger partial charge in [0.25, 0.3) is 0 Å². The number of nitrogens with zero attached hydrogens (tertiary/aromatic N) is 2. The molecule has 1 aromatic carbocycles. The van der Waals surface area contributed by atoms with Crippen molar-refractivity contribution in [1.82, 2.24) is 9.21 Å². The molecule has 0 atom stereocenters. The van der Waals surface area contributed by atoms with E-state index in [9.17, 15) is 13.2 Å². The summed E-state index contributed by atoms with van der Waals surface area (Å²) in [6.45, 7) is 2.27. The first-order valence-electron chi connectivity index (χ1n) is 6.42. The van der Waals surface area contributed by atoms with Gasteiger partial charge in [0.1, 0.15) is 0 Å². The lowest BCUT2D eigenvalue weighted by Gasteiger charge is -2.31. The van der Waals surface area contributed by atoms with Gasteiger partial charge in [-0.3, -0.25) is 0 Å². The fourth-order valence-electron chi connectivity index (χ4n) is 2.12. The van der Waals surface area contributed by atoms with Gasteiger partial charge in [0.15, 0.2) is 0 Å². The number of ether oxygens (including phenoxy) is 1. The molecule has 0 spiro atoms. The van der Waals surface area contributed by atoms with Gasteiger partial charge in [-0.05, 0) is 25.2 Å². The molecule has 0 aliphatic carbocycles. The molecule has 6 nitrogen and oxygen atoms in total. The van der Waals surface area contributed by atoms with E-state index in [0.717, 1.165) is 0 Å². The quantitative estimate of drug-likeness (QED) is 0.740. The normalized spacial score (nSPS) is 17.7. The Hall–Kier alpha value is -0.960. The largest absolute Gasteiger partial charge is 0.465 e. The standard InChI is InChI=1S/C13H17BrN2O4S/c1-15-3-5-16(6-4-15)21(18,19)12-8-10(13(17)20-2)7-11(14)9-12/h7-9H,3-6H2,1-2H3. The second-order valence-corrected chi connectivity index (χ2v) is 7.73. The smallest absolute Gasteiger partial charge is 0.337 e. The van der Waals surface area contributed by atoms with E-state index in [2.05, 4.69) is 25.6 Å². The zero-order chi connectivity index (χ0) is 15.6. The van der Waals surface area contributed by atoms with Crippen LogP contribution in [0.2, 0.25) is 0 Å². The van der Waals surface area contributed by atoms with Gasteiger partial charge in [-0.2, -0.15) is 4.31 Å². The van der Waals surface area contributed by atoms with Crippen LogP contribution in [0.5, 0.6) is 0 Å². The Morgan fingerprint density at radius 1 is 1.19 bits per heavy atom. The van der Waals surface area contributed by atoms with Crippen molar-refractivity contribution in [2.24, 2.45) is 0 Å². The number of hydrogen-bond acceptors (Lipinski definition) is 5. The van der Waals surface area contributed by atoms with E-state index in [1.807, 2.05) is 7.05 Å². The molecule has 0 unspecified atom stereocenters. The summed E-state index contributed by atoms with van der Waals surface area (Å²) in [5.74, 6) is -0.564. The molecule has 0 radical (unpaired) electrons. The van der Waals surface area contributed by atoms with E-state index in [1.165, 1.54) is 29.6 Å². The number of benzene rings is 1. The van der Waals surface area contributed by atoms with Crippen LogP contribution >= 0.6 is 15.9 Å². The molecule has 0 amide bonds. The lowest BCUT2D eigenvalue weighted by molar-refractivity contribution is 0.0600. The predicted octanol–water partition coefficient (Wildman–Crippen LogP) is 1.17. The van der Waals surface area contributed by atoms with E-state index in [4.69, 9.17) is 0 Å². The number of halogens is 1. The van der Waals surface area contributed by atoms with Crippen LogP contribution in [-0.4, -0.2) is 63.9 Å². The molecule has 21 heavy (non-hydrogen) atoms. The van der Waals surface area contributed by atoms with Crippen molar-refractivity contribution in [3.63, 3.8) is 0 Å². The number of esters is 1. The molecular weight excluding hydrogens is 360 g/mol. The van der Waals surface area contributed by atoms with Crippen molar-refractivity contribution in [1.29, 1.82) is 0 Å². The molecule has 1 heterocycles. The van der Waals surface area contributed by atoms with E-state index in [0.29, 0.717) is 30.7 Å². The maximum Gasteiger partial charge on any atom is 0.337 e. The third-order valence-corrected chi connectivity index (χ3v) is 5.73. The number of likely N-dealkylation sites (N-methyl/N-ethyl adjacent to an activating group) is 1. The Bertz CT molecular complexity index is 640. The summed E-state index contributed by atoms with van der Waals surface area (Å²) < 4.78 is 31.9. The van der Waals surface area contributed by atoms with Crippen LogP contribution in [0.25, 0.3) is 0 Å². The molecule has 1 aliphatic rings. The van der Waals surface area contributed by atoms with Gasteiger partial charge in [0.05, 0.1) is 17.6 Å². The summed E-state index contributed by atoms with van der Waals surface area (Å²) in [5.41, 5.74) is 0.208. The van der Waals surface area contributed by atoms with Crippen molar-refractivity contribution in [2.45, 2.75) is 4.90 Å². The monoisotopic (exact) mass is 376 g/mol. The SMILES string of the molecule is COC(=O)c1cc(Br)cc(S(=O)(=O)N2CCN(C)CC2)c1. The molecule has 0 saturated carbocycles. The highest BCUT2D eigenvalue weighted by atomic mass is 79.9. The minimum Gasteiger partial charge on any atom is -0.465 e. The number of carbonyl (C=O) groups is 1. The highest BCUT2D eigenvalue weighted by Gasteiger charge is 2.28. The summed E-state index contributed by atoms with van der Waals surface area (Å²) in [4.78, 5) is 13.8. The predicted molar refractivity (Wildman–Crippen MR) is 81.7 cm³/mol. The minimum atomic E-state index is -3.60. The Morgan fingerprint density at radius 3 is 2.38 bits per heavy atom. The van der Waals surface area contributed by atoms with Crippen LogP contribution in [0.4, 0.5) is 0 Å². The topological polar surface area (TPSA) is 66.9 Å². The molecule has 1 aliphatic heterocycles. The molecule has 1 saturated heterocycles. The fraction of sp³-hybridized carbons (Fsp3) is 0.462. The summed E-state index contributed by atoms with van der Waals surface area (Å²) >= 11 is 3.24. The van der Waals surface area contributed by atoms with Crippen LogP contribution in [0, 0.1) is 0 Å². The van der Waals surface area contributed by atoms with Crippen LogP contribution in [0.1, 0.15) is 10.4 Å². The minimum absolute atomic E-state index is 0.0989. The first kappa shape index (κ1) is 16.4. The number of hydrogen-bond donors (Lipinski definition) is 0. The molecule has 116 valence electrons.